The van der Waals surface area contributed by atoms with Gasteiger partial charge in [0.25, 0.3) is 0 Å². The van der Waals surface area contributed by atoms with Crippen molar-refractivity contribution in [1.82, 2.24) is 36.3 Å². The number of ether oxygens (including phenoxy) is 3. The Balaban J connectivity index is 0.800. The number of unbranched alkanes of at least 4 members (excludes halogenated alkanes) is 1. The van der Waals surface area contributed by atoms with E-state index in [-0.39, 0.29) is 30.6 Å². The molecule has 4 aromatic rings. The number of urea groups is 1. The quantitative estimate of drug-likeness (QED) is 0.0874. The summed E-state index contributed by atoms with van der Waals surface area (Å²) in [5.74, 6) is 0.965. The van der Waals surface area contributed by atoms with Crippen molar-refractivity contribution < 1.29 is 28.6 Å². The molecule has 0 radical (unpaired) electrons. The number of nitrogens with one attached hydrogen (secondary N) is 4. The fourth-order valence-electron chi connectivity index (χ4n) is 7.31. The summed E-state index contributed by atoms with van der Waals surface area (Å²) in [6.07, 6.45) is 2.67. The van der Waals surface area contributed by atoms with E-state index < -0.39 is 12.2 Å². The Labute approximate surface area is 319 Å². The number of hydrogen-bond donors (Lipinski definition) is 4. The van der Waals surface area contributed by atoms with E-state index in [9.17, 15) is 14.4 Å². The highest BCUT2D eigenvalue weighted by atomic mass is 32.2. The van der Waals surface area contributed by atoms with E-state index in [1.54, 1.807) is 0 Å². The van der Waals surface area contributed by atoms with E-state index in [1.807, 2.05) is 71.0 Å². The number of hydrogen-bond acceptors (Lipinski definition) is 9. The smallest absolute Gasteiger partial charge is 0.407 e. The van der Waals surface area contributed by atoms with Gasteiger partial charge in [0, 0.05) is 53.6 Å². The van der Waals surface area contributed by atoms with Crippen LogP contribution >= 0.6 is 11.8 Å². The third-order valence-corrected chi connectivity index (χ3v) is 11.4. The van der Waals surface area contributed by atoms with Crippen molar-refractivity contribution >= 4 is 29.8 Å². The SMILES string of the molecule is O=C(CCCC[C@@H]1SC[C@@H]2NC(=O)N[C@@H]21)NCCOCCOCCNC(=O)OC1Cc2ccccc2-c2c(nnn2Cc2ccccc2)-c2ccccc21. The molecule has 7 rings (SSSR count). The highest BCUT2D eigenvalue weighted by Gasteiger charge is 2.42. The van der Waals surface area contributed by atoms with Crippen LogP contribution in [0.15, 0.2) is 78.9 Å². The van der Waals surface area contributed by atoms with E-state index in [0.717, 1.165) is 64.2 Å². The summed E-state index contributed by atoms with van der Waals surface area (Å²) in [5.41, 5.74) is 6.63. The molecule has 4 amide bonds. The minimum Gasteiger partial charge on any atom is -0.441 e. The molecule has 54 heavy (non-hydrogen) atoms. The molecule has 2 saturated heterocycles. The number of carbonyl (C=O) groups is 3. The second-order valence-electron chi connectivity index (χ2n) is 13.6. The van der Waals surface area contributed by atoms with Gasteiger partial charge in [0.05, 0.1) is 50.7 Å². The average Bonchev–Trinajstić information content (AvgIpc) is 3.88. The molecular formula is C40H47N7O6S. The van der Waals surface area contributed by atoms with Crippen LogP contribution in [0, 0.1) is 0 Å². The van der Waals surface area contributed by atoms with Crippen LogP contribution in [-0.4, -0.2) is 95.6 Å². The van der Waals surface area contributed by atoms with Crippen molar-refractivity contribution in [2.24, 2.45) is 0 Å². The van der Waals surface area contributed by atoms with E-state index in [2.05, 4.69) is 55.8 Å². The number of amides is 4. The van der Waals surface area contributed by atoms with Gasteiger partial charge in [-0.25, -0.2) is 14.3 Å². The number of benzene rings is 3. The number of nitrogens with zero attached hydrogens (tertiary/aromatic N) is 3. The Hall–Kier alpha value is -4.92. The normalized spacial score (nSPS) is 19.6. The Morgan fingerprint density at radius 2 is 1.59 bits per heavy atom. The lowest BCUT2D eigenvalue weighted by atomic mass is 9.87. The highest BCUT2D eigenvalue weighted by Crippen LogP contribution is 2.41. The summed E-state index contributed by atoms with van der Waals surface area (Å²) >= 11 is 1.89. The molecular weight excluding hydrogens is 707 g/mol. The van der Waals surface area contributed by atoms with Crippen molar-refractivity contribution in [1.29, 1.82) is 0 Å². The van der Waals surface area contributed by atoms with Crippen LogP contribution in [-0.2, 0) is 32.0 Å². The molecule has 2 fully saturated rings. The number of thioether (sulfide) groups is 1. The van der Waals surface area contributed by atoms with Gasteiger partial charge in [-0.3, -0.25) is 4.79 Å². The number of alkyl carbamates (subject to hydrolysis) is 1. The van der Waals surface area contributed by atoms with Crippen molar-refractivity contribution in [3.63, 3.8) is 0 Å². The van der Waals surface area contributed by atoms with Gasteiger partial charge in [0.15, 0.2) is 0 Å². The van der Waals surface area contributed by atoms with Crippen molar-refractivity contribution in [2.45, 2.75) is 62.1 Å². The lowest BCUT2D eigenvalue weighted by molar-refractivity contribution is -0.121. The topological polar surface area (TPSA) is 158 Å². The van der Waals surface area contributed by atoms with Crippen LogP contribution in [0.25, 0.3) is 22.5 Å². The monoisotopic (exact) mass is 753 g/mol. The number of rotatable bonds is 17. The molecule has 3 aromatic carbocycles. The molecule has 0 bridgehead atoms. The summed E-state index contributed by atoms with van der Waals surface area (Å²) in [5, 5.41) is 21.3. The zero-order chi connectivity index (χ0) is 37.1. The zero-order valence-corrected chi connectivity index (χ0v) is 31.0. The second kappa shape index (κ2) is 18.4. The lowest BCUT2D eigenvalue weighted by Gasteiger charge is -2.25. The molecule has 3 heterocycles. The Bertz CT molecular complexity index is 1890. The van der Waals surface area contributed by atoms with Gasteiger partial charge >= 0.3 is 12.1 Å². The molecule has 1 aliphatic carbocycles. The molecule has 3 aliphatic rings. The van der Waals surface area contributed by atoms with E-state index >= 15 is 0 Å². The summed E-state index contributed by atoms with van der Waals surface area (Å²) in [6, 6.07) is 26.6. The highest BCUT2D eigenvalue weighted by molar-refractivity contribution is 8.00. The molecule has 0 spiro atoms. The Morgan fingerprint density at radius 1 is 0.852 bits per heavy atom. The fourth-order valence-corrected chi connectivity index (χ4v) is 8.85. The van der Waals surface area contributed by atoms with Crippen LogP contribution in [0.2, 0.25) is 0 Å². The first kappa shape index (κ1) is 37.4. The zero-order valence-electron chi connectivity index (χ0n) is 30.2. The lowest BCUT2D eigenvalue weighted by Crippen LogP contribution is -2.36. The van der Waals surface area contributed by atoms with Crippen LogP contribution < -0.4 is 21.3 Å². The summed E-state index contributed by atoms with van der Waals surface area (Å²) in [7, 11) is 0. The summed E-state index contributed by atoms with van der Waals surface area (Å²) < 4.78 is 19.2. The van der Waals surface area contributed by atoms with Crippen LogP contribution in [0.4, 0.5) is 9.59 Å². The van der Waals surface area contributed by atoms with Gasteiger partial charge in [-0.2, -0.15) is 11.8 Å². The van der Waals surface area contributed by atoms with Crippen molar-refractivity contribution in [2.75, 3.05) is 45.3 Å². The molecule has 4 N–H and O–H groups in total. The van der Waals surface area contributed by atoms with E-state index in [0.29, 0.717) is 57.6 Å². The largest absolute Gasteiger partial charge is 0.441 e. The predicted octanol–water partition coefficient (Wildman–Crippen LogP) is 4.86. The number of fused-ring (bicyclic) bond motifs is 6. The first-order valence-corrected chi connectivity index (χ1v) is 19.8. The van der Waals surface area contributed by atoms with Crippen LogP contribution in [0.3, 0.4) is 0 Å². The number of aromatic nitrogens is 3. The van der Waals surface area contributed by atoms with Gasteiger partial charge < -0.3 is 35.5 Å². The third-order valence-electron chi connectivity index (χ3n) is 9.94. The molecule has 2 aliphatic heterocycles. The van der Waals surface area contributed by atoms with Gasteiger partial charge in [-0.1, -0.05) is 90.5 Å². The third kappa shape index (κ3) is 9.41. The van der Waals surface area contributed by atoms with Crippen LogP contribution in [0.1, 0.15) is 48.5 Å². The minimum atomic E-state index is -0.538. The van der Waals surface area contributed by atoms with Crippen molar-refractivity contribution in [3.8, 4) is 22.5 Å². The Kier molecular flexibility index (Phi) is 12.8. The average molecular weight is 754 g/mol. The second-order valence-corrected chi connectivity index (χ2v) is 14.9. The fraction of sp³-hybridized carbons (Fsp3) is 0.425. The standard InChI is InChI=1S/C40H47N7O6S/c48-35(17-9-8-16-34-37-32(26-54-34)43-39(49)44-37)41-18-20-51-22-23-52-21-19-42-40(50)53-33-24-28-12-4-5-13-29(28)38-36(31-15-7-6-14-30(31)33)45-46-47(38)25-27-10-2-1-3-11-27/h1-7,10-15,32-34,37H,8-9,16-26H2,(H,41,48)(H,42,50)(H2,43,44,49)/t32-,33?,34-,37-/m0/s1. The van der Waals surface area contributed by atoms with E-state index in [1.165, 1.54) is 0 Å². The van der Waals surface area contributed by atoms with Gasteiger partial charge in [-0.15, -0.1) is 5.10 Å². The maximum Gasteiger partial charge on any atom is 0.407 e. The van der Waals surface area contributed by atoms with Gasteiger partial charge in [-0.05, 0) is 24.0 Å². The van der Waals surface area contributed by atoms with Crippen LogP contribution in [0.5, 0.6) is 0 Å². The van der Waals surface area contributed by atoms with Gasteiger partial charge in [0.1, 0.15) is 11.8 Å². The first-order chi connectivity index (χ1) is 26.5. The molecule has 13 nitrogen and oxygen atoms in total. The maximum atomic E-state index is 13.0. The molecule has 1 aromatic heterocycles. The maximum absolute atomic E-state index is 13.0. The Morgan fingerprint density at radius 3 is 2.43 bits per heavy atom. The molecule has 4 atom stereocenters. The molecule has 14 heteroatoms. The van der Waals surface area contributed by atoms with Gasteiger partial charge in [0.2, 0.25) is 5.91 Å². The van der Waals surface area contributed by atoms with Crippen molar-refractivity contribution in [3.05, 3.63) is 95.6 Å². The predicted molar refractivity (Wildman–Crippen MR) is 206 cm³/mol. The number of carbonyl (C=O) groups excluding carboxylic acids is 3. The first-order valence-electron chi connectivity index (χ1n) is 18.7. The summed E-state index contributed by atoms with van der Waals surface area (Å²) in [6.45, 7) is 2.74. The molecule has 0 saturated carbocycles. The molecule has 284 valence electrons. The minimum absolute atomic E-state index is 0.0177. The van der Waals surface area contributed by atoms with E-state index in [4.69, 9.17) is 14.2 Å². The molecule has 1 unspecified atom stereocenters. The summed E-state index contributed by atoms with van der Waals surface area (Å²) in [4.78, 5) is 36.8.